The molecular weight excluding hydrogens is 530 g/mol. The Bertz CT molecular complexity index is 1340. The van der Waals surface area contributed by atoms with Crippen molar-refractivity contribution in [2.75, 3.05) is 5.73 Å². The van der Waals surface area contributed by atoms with Crippen LogP contribution in [0.3, 0.4) is 0 Å². The van der Waals surface area contributed by atoms with Crippen molar-refractivity contribution in [1.29, 1.82) is 0 Å². The van der Waals surface area contributed by atoms with Gasteiger partial charge in [-0.15, -0.1) is 0 Å². The molecule has 1 aliphatic heterocycles. The van der Waals surface area contributed by atoms with E-state index in [9.17, 15) is 28.3 Å². The molecule has 0 amide bonds. The zero-order valence-electron chi connectivity index (χ0n) is 17.0. The van der Waals surface area contributed by atoms with E-state index in [4.69, 9.17) is 24.8 Å². The number of hydrogen-bond acceptors (Lipinski definition) is 11. The molecule has 2 aliphatic rings. The average molecular weight is 549 g/mol. The zero-order valence-corrected chi connectivity index (χ0v) is 19.7. The van der Waals surface area contributed by atoms with Crippen LogP contribution in [0.25, 0.3) is 11.2 Å². The molecule has 190 valence electrons. The number of alkyl halides is 1. The summed E-state index contributed by atoms with van der Waals surface area (Å²) < 4.78 is 68.8. The molecule has 17 nitrogen and oxygen atoms in total. The number of halogens is 1. The predicted octanol–water partition coefficient (Wildman–Crippen LogP) is 0.0733. The number of hydrogen-bond donors (Lipinski definition) is 6. The number of nitrogens with one attached hydrogen (secondary N) is 1. The number of nitrogen functional groups attached to an aromatic ring is 1. The van der Waals surface area contributed by atoms with Gasteiger partial charge in [0, 0.05) is 12.8 Å². The lowest BCUT2D eigenvalue weighted by Crippen LogP contribution is -2.33. The summed E-state index contributed by atoms with van der Waals surface area (Å²) in [4.78, 5) is 58.2. The summed E-state index contributed by atoms with van der Waals surface area (Å²) in [6.45, 7) is 1.06. The SMILES string of the molecule is C[C@@]1(F)CC2(C[C@@H]2OP(=O)(O)OP(=O)(O)OP(=O)(O)O)O[C@H]1Cn1cnc2c(=O)[nH]c(N)nc21. The molecule has 34 heavy (non-hydrogen) atoms. The number of nitrogens with zero attached hydrogens (tertiary/aromatic N) is 3. The summed E-state index contributed by atoms with van der Waals surface area (Å²) in [5.41, 5.74) is 1.63. The highest BCUT2D eigenvalue weighted by Gasteiger charge is 2.69. The Morgan fingerprint density at radius 3 is 2.62 bits per heavy atom. The highest BCUT2D eigenvalue weighted by Crippen LogP contribution is 2.69. The van der Waals surface area contributed by atoms with E-state index >= 15 is 4.39 Å². The van der Waals surface area contributed by atoms with Crippen molar-refractivity contribution < 1.29 is 55.5 Å². The lowest BCUT2D eigenvalue weighted by Gasteiger charge is -2.21. The molecule has 1 saturated carbocycles. The van der Waals surface area contributed by atoms with Crippen LogP contribution in [0.1, 0.15) is 19.8 Å². The molecule has 2 fully saturated rings. The average Bonchev–Trinajstić information content (AvgIpc) is 2.95. The number of rotatable bonds is 8. The van der Waals surface area contributed by atoms with Gasteiger partial charge in [-0.1, -0.05) is 0 Å². The summed E-state index contributed by atoms with van der Waals surface area (Å²) in [6, 6.07) is 0. The first-order valence-corrected chi connectivity index (χ1v) is 13.8. The van der Waals surface area contributed by atoms with Gasteiger partial charge in [-0.05, 0) is 6.92 Å². The second-order valence-corrected chi connectivity index (χ2v) is 12.4. The predicted molar refractivity (Wildman–Crippen MR) is 108 cm³/mol. The highest BCUT2D eigenvalue weighted by molar-refractivity contribution is 7.66. The van der Waals surface area contributed by atoms with Gasteiger partial charge in [0.1, 0.15) is 23.5 Å². The zero-order chi connectivity index (χ0) is 25.3. The maximum atomic E-state index is 15.3. The van der Waals surface area contributed by atoms with Gasteiger partial charge in [-0.25, -0.2) is 23.1 Å². The van der Waals surface area contributed by atoms with E-state index < -0.39 is 52.5 Å². The molecule has 0 aromatic carbocycles. The van der Waals surface area contributed by atoms with Crippen LogP contribution in [0.2, 0.25) is 0 Å². The second kappa shape index (κ2) is 7.98. The van der Waals surface area contributed by atoms with Gasteiger partial charge in [0.2, 0.25) is 5.95 Å². The molecule has 7 N–H and O–H groups in total. The van der Waals surface area contributed by atoms with E-state index in [1.807, 2.05) is 0 Å². The van der Waals surface area contributed by atoms with E-state index in [0.717, 1.165) is 0 Å². The molecule has 2 aromatic rings. The van der Waals surface area contributed by atoms with Crippen molar-refractivity contribution in [3.63, 3.8) is 0 Å². The molecule has 1 spiro atoms. The first kappa shape index (κ1) is 25.5. The van der Waals surface area contributed by atoms with Gasteiger partial charge < -0.3 is 34.6 Å². The Balaban J connectivity index is 1.46. The van der Waals surface area contributed by atoms with Crippen molar-refractivity contribution in [2.45, 2.75) is 49.8 Å². The van der Waals surface area contributed by atoms with Crippen molar-refractivity contribution in [3.05, 3.63) is 16.7 Å². The molecule has 3 unspecified atom stereocenters. The third-order valence-corrected chi connectivity index (χ3v) is 9.03. The molecule has 0 bridgehead atoms. The van der Waals surface area contributed by atoms with Crippen molar-refractivity contribution >= 4 is 40.6 Å². The number of fused-ring (bicyclic) bond motifs is 1. The fourth-order valence-corrected chi connectivity index (χ4v) is 7.06. The largest absolute Gasteiger partial charge is 0.490 e. The van der Waals surface area contributed by atoms with Gasteiger partial charge in [-0.3, -0.25) is 14.3 Å². The number of aromatic amines is 1. The Morgan fingerprint density at radius 2 is 1.97 bits per heavy atom. The smallest absolute Gasteiger partial charge is 0.369 e. The lowest BCUT2D eigenvalue weighted by molar-refractivity contribution is -0.0314. The Kier molecular flexibility index (Phi) is 5.99. The summed E-state index contributed by atoms with van der Waals surface area (Å²) in [6.07, 6.45) is -1.56. The number of H-pyrrole nitrogens is 1. The molecular formula is C13H19FN5O12P3. The third-order valence-electron chi connectivity index (χ3n) is 5.18. The first-order valence-electron chi connectivity index (χ1n) is 9.30. The van der Waals surface area contributed by atoms with E-state index in [-0.39, 0.29) is 36.5 Å². The van der Waals surface area contributed by atoms with Crippen LogP contribution in [0.5, 0.6) is 0 Å². The molecule has 21 heteroatoms. The minimum absolute atomic E-state index is 0.0283. The molecule has 4 rings (SSSR count). The minimum Gasteiger partial charge on any atom is -0.369 e. The number of anilines is 1. The Hall–Kier alpha value is -1.55. The summed E-state index contributed by atoms with van der Waals surface area (Å²) >= 11 is 0. The van der Waals surface area contributed by atoms with Crippen molar-refractivity contribution in [2.24, 2.45) is 0 Å². The van der Waals surface area contributed by atoms with Crippen LogP contribution in [-0.4, -0.2) is 62.6 Å². The molecule has 3 heterocycles. The summed E-state index contributed by atoms with van der Waals surface area (Å²) in [5.74, 6) is -0.177. The maximum absolute atomic E-state index is 15.3. The van der Waals surface area contributed by atoms with E-state index in [2.05, 4.69) is 23.6 Å². The standard InChI is InChI=1S/C13H19FN5O12P3/c1-12(14)4-13(2-6(13)29-33(24,25)31-34(26,27)30-32(21,22)23)28-7(12)3-19-5-16-8-9(19)17-11(15)18-10(8)20/h5-7H,2-4H2,1H3,(H,24,25)(H,26,27)(H2,21,22,23)(H3,15,17,18,20)/t6-,7-,12+,13?/m0/s1. The molecule has 2 aromatic heterocycles. The second-order valence-electron chi connectivity index (χ2n) is 8.04. The molecule has 6 atom stereocenters. The molecule has 1 aliphatic carbocycles. The Labute approximate surface area is 188 Å². The van der Waals surface area contributed by atoms with E-state index in [0.29, 0.717) is 0 Å². The fraction of sp³-hybridized carbons (Fsp3) is 0.615. The van der Waals surface area contributed by atoms with Crippen LogP contribution in [0, 0.1) is 0 Å². The van der Waals surface area contributed by atoms with Gasteiger partial charge >= 0.3 is 23.5 Å². The van der Waals surface area contributed by atoms with E-state index in [1.54, 1.807) is 0 Å². The van der Waals surface area contributed by atoms with Gasteiger partial charge in [0.15, 0.2) is 11.2 Å². The number of ether oxygens (including phenoxy) is 1. The Morgan fingerprint density at radius 1 is 1.29 bits per heavy atom. The van der Waals surface area contributed by atoms with Gasteiger partial charge in [0.25, 0.3) is 5.56 Å². The lowest BCUT2D eigenvalue weighted by atomic mass is 9.97. The van der Waals surface area contributed by atoms with Crippen LogP contribution >= 0.6 is 23.5 Å². The topological polar surface area (TPSA) is 259 Å². The van der Waals surface area contributed by atoms with E-state index in [1.165, 1.54) is 17.8 Å². The monoisotopic (exact) mass is 549 g/mol. The molecule has 0 radical (unpaired) electrons. The highest BCUT2D eigenvalue weighted by atomic mass is 31.3. The van der Waals surface area contributed by atoms with Crippen LogP contribution in [0.15, 0.2) is 11.1 Å². The normalized spacial score (nSPS) is 32.6. The van der Waals surface area contributed by atoms with Crippen molar-refractivity contribution in [1.82, 2.24) is 19.5 Å². The number of aromatic nitrogens is 4. The third kappa shape index (κ3) is 5.32. The van der Waals surface area contributed by atoms with Crippen LogP contribution in [-0.2, 0) is 38.1 Å². The summed E-state index contributed by atoms with van der Waals surface area (Å²) in [5, 5.41) is 0. The number of phosphoric acid groups is 3. The maximum Gasteiger partial charge on any atom is 0.490 e. The number of nitrogens with two attached hydrogens (primary N) is 1. The van der Waals surface area contributed by atoms with Gasteiger partial charge in [-0.2, -0.15) is 13.6 Å². The number of imidazole rings is 1. The fourth-order valence-electron chi connectivity index (χ4n) is 3.82. The minimum atomic E-state index is -5.69. The van der Waals surface area contributed by atoms with Crippen LogP contribution in [0.4, 0.5) is 10.3 Å². The van der Waals surface area contributed by atoms with Gasteiger partial charge in [0.05, 0.1) is 12.9 Å². The van der Waals surface area contributed by atoms with Crippen molar-refractivity contribution in [3.8, 4) is 0 Å². The number of phosphoric ester groups is 1. The quantitative estimate of drug-likeness (QED) is 0.238. The summed E-state index contributed by atoms with van der Waals surface area (Å²) in [7, 11) is -16.6. The first-order chi connectivity index (χ1) is 15.4. The van der Waals surface area contributed by atoms with Crippen LogP contribution < -0.4 is 11.3 Å². The molecule has 1 saturated heterocycles.